The quantitative estimate of drug-likeness (QED) is 0.217. The minimum atomic E-state index is -0.158. The largest absolute Gasteiger partial charge is 0.310 e. The first-order valence-electron chi connectivity index (χ1n) is 14.7. The Hall–Kier alpha value is -5.14. The molecule has 0 aliphatic carbocycles. The van der Waals surface area contributed by atoms with Gasteiger partial charge in [0.05, 0.1) is 11.4 Å². The average Bonchev–Trinajstić information content (AvgIpc) is 3.05. The molecule has 0 bridgehead atoms. The fourth-order valence-electron chi connectivity index (χ4n) is 6.89. The fraction of sp³-hybridized carbons (Fsp3) is 0.0732. The van der Waals surface area contributed by atoms with Crippen molar-refractivity contribution in [3.63, 3.8) is 0 Å². The molecule has 1 aliphatic rings. The molecule has 0 radical (unpaired) electrons. The maximum Gasteiger partial charge on any atom is 0.0503 e. The molecule has 8 rings (SSSR count). The van der Waals surface area contributed by atoms with E-state index in [0.29, 0.717) is 0 Å². The van der Waals surface area contributed by atoms with E-state index in [2.05, 4.69) is 170 Å². The molecule has 200 valence electrons. The number of benzene rings is 7. The van der Waals surface area contributed by atoms with E-state index in [1.807, 2.05) is 0 Å². The lowest BCUT2D eigenvalue weighted by molar-refractivity contribution is 0.632. The molecule has 7 aromatic carbocycles. The summed E-state index contributed by atoms with van der Waals surface area (Å²) in [4.78, 5) is 2.45. The van der Waals surface area contributed by atoms with Gasteiger partial charge in [-0.1, -0.05) is 135 Å². The highest BCUT2D eigenvalue weighted by Crippen LogP contribution is 2.53. The number of hydrogen-bond acceptors (Lipinski definition) is 1. The highest BCUT2D eigenvalue weighted by Gasteiger charge is 2.37. The highest BCUT2D eigenvalue weighted by atomic mass is 15.2. The summed E-state index contributed by atoms with van der Waals surface area (Å²) >= 11 is 0. The number of hydrogen-bond donors (Lipinski definition) is 0. The molecule has 0 amide bonds. The Balaban J connectivity index is 1.33. The van der Waals surface area contributed by atoms with Gasteiger partial charge in [0.1, 0.15) is 0 Å². The van der Waals surface area contributed by atoms with Gasteiger partial charge in [-0.05, 0) is 85.3 Å². The van der Waals surface area contributed by atoms with Crippen LogP contribution in [0.2, 0.25) is 0 Å². The summed E-state index contributed by atoms with van der Waals surface area (Å²) in [6.07, 6.45) is 0. The third-order valence-corrected chi connectivity index (χ3v) is 9.04. The van der Waals surface area contributed by atoms with Crippen molar-refractivity contribution in [2.24, 2.45) is 0 Å². The Bertz CT molecular complexity index is 2120. The van der Waals surface area contributed by atoms with Crippen LogP contribution in [0, 0.1) is 0 Å². The Labute approximate surface area is 247 Å². The van der Waals surface area contributed by atoms with Crippen molar-refractivity contribution in [1.29, 1.82) is 0 Å². The second-order valence-corrected chi connectivity index (χ2v) is 11.8. The van der Waals surface area contributed by atoms with E-state index in [4.69, 9.17) is 0 Å². The van der Waals surface area contributed by atoms with E-state index in [1.165, 1.54) is 72.0 Å². The predicted molar refractivity (Wildman–Crippen MR) is 179 cm³/mol. The number of nitrogens with zero attached hydrogens (tertiary/aromatic N) is 1. The summed E-state index contributed by atoms with van der Waals surface area (Å²) in [5.41, 5.74) is 11.2. The van der Waals surface area contributed by atoms with Crippen LogP contribution in [0.4, 0.5) is 17.1 Å². The molecule has 42 heavy (non-hydrogen) atoms. The van der Waals surface area contributed by atoms with Crippen LogP contribution in [-0.2, 0) is 5.41 Å². The monoisotopic (exact) mass is 537 g/mol. The molecule has 1 aliphatic heterocycles. The lowest BCUT2D eigenvalue weighted by Gasteiger charge is -2.42. The Kier molecular flexibility index (Phi) is 5.55. The molecule has 1 nitrogen and oxygen atoms in total. The van der Waals surface area contributed by atoms with Gasteiger partial charge < -0.3 is 4.90 Å². The lowest BCUT2D eigenvalue weighted by atomic mass is 9.72. The van der Waals surface area contributed by atoms with Gasteiger partial charge in [0.2, 0.25) is 0 Å². The van der Waals surface area contributed by atoms with E-state index >= 15 is 0 Å². The summed E-state index contributed by atoms with van der Waals surface area (Å²) in [5.74, 6) is 0. The van der Waals surface area contributed by atoms with Gasteiger partial charge in [-0.2, -0.15) is 0 Å². The van der Waals surface area contributed by atoms with E-state index < -0.39 is 0 Å². The standard InChI is InChI=1S/C41H31N/c1-41(2)37-18-10-11-19-39(37)42(32-22-20-28-12-6-7-15-30(28)26-32)40-25-21-31(27-38(40)41)34-24-23-33(29-13-4-3-5-14-29)35-16-8-9-17-36(34)35/h3-27H,1-2H3. The number of fused-ring (bicyclic) bond motifs is 4. The van der Waals surface area contributed by atoms with Gasteiger partial charge in [0.25, 0.3) is 0 Å². The van der Waals surface area contributed by atoms with Crippen LogP contribution in [0.15, 0.2) is 152 Å². The van der Waals surface area contributed by atoms with Crippen LogP contribution in [0.5, 0.6) is 0 Å². The van der Waals surface area contributed by atoms with Crippen LogP contribution >= 0.6 is 0 Å². The van der Waals surface area contributed by atoms with Crippen LogP contribution < -0.4 is 4.90 Å². The van der Waals surface area contributed by atoms with Gasteiger partial charge in [-0.3, -0.25) is 0 Å². The molecule has 0 unspecified atom stereocenters. The maximum atomic E-state index is 2.45. The van der Waals surface area contributed by atoms with Crippen molar-refractivity contribution in [2.75, 3.05) is 4.90 Å². The first-order chi connectivity index (χ1) is 20.6. The normalized spacial score (nSPS) is 13.6. The number of para-hydroxylation sites is 1. The summed E-state index contributed by atoms with van der Waals surface area (Å²) in [6.45, 7) is 4.73. The second-order valence-electron chi connectivity index (χ2n) is 11.8. The Morgan fingerprint density at radius 1 is 0.429 bits per heavy atom. The SMILES string of the molecule is CC1(C)c2ccccc2N(c2ccc3ccccc3c2)c2ccc(-c3ccc(-c4ccccc4)c4ccccc34)cc21. The molecule has 0 atom stereocenters. The first kappa shape index (κ1) is 24.6. The third-order valence-electron chi connectivity index (χ3n) is 9.04. The Morgan fingerprint density at radius 2 is 1.05 bits per heavy atom. The molecule has 7 aromatic rings. The molecule has 1 heterocycles. The van der Waals surface area contributed by atoms with Crippen molar-refractivity contribution < 1.29 is 0 Å². The maximum absolute atomic E-state index is 2.45. The van der Waals surface area contributed by atoms with Gasteiger partial charge >= 0.3 is 0 Å². The summed E-state index contributed by atoms with van der Waals surface area (Å²) in [6, 6.07) is 55.5. The molecule has 0 spiro atoms. The summed E-state index contributed by atoms with van der Waals surface area (Å²) in [5, 5.41) is 5.06. The van der Waals surface area contributed by atoms with Gasteiger partial charge in [-0.15, -0.1) is 0 Å². The zero-order valence-electron chi connectivity index (χ0n) is 23.9. The topological polar surface area (TPSA) is 3.24 Å². The van der Waals surface area contributed by atoms with Crippen molar-refractivity contribution >= 4 is 38.6 Å². The first-order valence-corrected chi connectivity index (χ1v) is 14.7. The summed E-state index contributed by atoms with van der Waals surface area (Å²) in [7, 11) is 0. The van der Waals surface area contributed by atoms with Crippen molar-refractivity contribution in [3.8, 4) is 22.3 Å². The molecule has 1 heteroatoms. The second kappa shape index (κ2) is 9.46. The van der Waals surface area contributed by atoms with Crippen molar-refractivity contribution in [3.05, 3.63) is 163 Å². The van der Waals surface area contributed by atoms with Crippen molar-refractivity contribution in [2.45, 2.75) is 19.3 Å². The third kappa shape index (κ3) is 3.78. The van der Waals surface area contributed by atoms with Gasteiger partial charge in [-0.25, -0.2) is 0 Å². The van der Waals surface area contributed by atoms with E-state index in [0.717, 1.165) is 0 Å². The lowest BCUT2D eigenvalue weighted by Crippen LogP contribution is -2.30. The zero-order valence-corrected chi connectivity index (χ0v) is 23.9. The van der Waals surface area contributed by atoms with Crippen LogP contribution in [-0.4, -0.2) is 0 Å². The summed E-state index contributed by atoms with van der Waals surface area (Å²) < 4.78 is 0. The fourth-order valence-corrected chi connectivity index (χ4v) is 6.89. The van der Waals surface area contributed by atoms with Crippen LogP contribution in [0.1, 0.15) is 25.0 Å². The van der Waals surface area contributed by atoms with E-state index in [1.54, 1.807) is 0 Å². The van der Waals surface area contributed by atoms with Gasteiger partial charge in [0, 0.05) is 11.1 Å². The predicted octanol–water partition coefficient (Wildman–Crippen LogP) is 11.4. The number of anilines is 3. The number of rotatable bonds is 3. The molecule has 0 saturated heterocycles. The average molecular weight is 538 g/mol. The zero-order chi connectivity index (χ0) is 28.3. The minimum Gasteiger partial charge on any atom is -0.310 e. The van der Waals surface area contributed by atoms with E-state index in [-0.39, 0.29) is 5.41 Å². The molecule has 0 aromatic heterocycles. The highest BCUT2D eigenvalue weighted by molar-refractivity contribution is 6.05. The molecule has 0 saturated carbocycles. The molecule has 0 N–H and O–H groups in total. The van der Waals surface area contributed by atoms with Crippen LogP contribution in [0.25, 0.3) is 43.8 Å². The van der Waals surface area contributed by atoms with Crippen LogP contribution in [0.3, 0.4) is 0 Å². The van der Waals surface area contributed by atoms with Gasteiger partial charge in [0.15, 0.2) is 0 Å². The Morgan fingerprint density at radius 3 is 1.83 bits per heavy atom. The van der Waals surface area contributed by atoms with Crippen molar-refractivity contribution in [1.82, 2.24) is 0 Å². The minimum absolute atomic E-state index is 0.158. The van der Waals surface area contributed by atoms with E-state index in [9.17, 15) is 0 Å². The molecular weight excluding hydrogens is 506 g/mol. The molecule has 0 fully saturated rings. The smallest absolute Gasteiger partial charge is 0.0503 e. The molecular formula is C41H31N.